The topological polar surface area (TPSA) is 22.1 Å². The fourth-order valence-electron chi connectivity index (χ4n) is 0.672. The Kier molecular flexibility index (Phi) is 3.58. The van der Waals surface area contributed by atoms with Gasteiger partial charge in [0.15, 0.2) is 0 Å². The molecule has 0 saturated carbocycles. The second kappa shape index (κ2) is 4.25. The molecule has 1 aromatic heterocycles. The SMILES string of the molecule is COc1ccc(Br)c(CI)n1. The summed E-state index contributed by atoms with van der Waals surface area (Å²) in [4.78, 5) is 4.23. The molecule has 0 spiro atoms. The highest BCUT2D eigenvalue weighted by atomic mass is 127. The number of ether oxygens (including phenoxy) is 1. The van der Waals surface area contributed by atoms with Gasteiger partial charge in [-0.2, -0.15) is 0 Å². The monoisotopic (exact) mass is 327 g/mol. The van der Waals surface area contributed by atoms with E-state index >= 15 is 0 Å². The summed E-state index contributed by atoms with van der Waals surface area (Å²) >= 11 is 5.66. The number of pyridine rings is 1. The molecular formula is C7H7BrINO. The Morgan fingerprint density at radius 3 is 2.91 bits per heavy atom. The van der Waals surface area contributed by atoms with E-state index < -0.39 is 0 Å². The van der Waals surface area contributed by atoms with Crippen LogP contribution in [0, 0.1) is 0 Å². The molecule has 0 amide bonds. The predicted octanol–water partition coefficient (Wildman–Crippen LogP) is 2.79. The van der Waals surface area contributed by atoms with Crippen LogP contribution in [0.3, 0.4) is 0 Å². The molecule has 0 atom stereocenters. The zero-order chi connectivity index (χ0) is 8.27. The Labute approximate surface area is 87.6 Å². The zero-order valence-electron chi connectivity index (χ0n) is 5.97. The van der Waals surface area contributed by atoms with Crippen molar-refractivity contribution in [2.75, 3.05) is 7.11 Å². The largest absolute Gasteiger partial charge is 0.481 e. The maximum absolute atomic E-state index is 4.98. The molecule has 11 heavy (non-hydrogen) atoms. The molecule has 0 saturated heterocycles. The lowest BCUT2D eigenvalue weighted by Crippen LogP contribution is -1.91. The van der Waals surface area contributed by atoms with Crippen molar-refractivity contribution in [3.05, 3.63) is 22.3 Å². The molecule has 0 fully saturated rings. The van der Waals surface area contributed by atoms with E-state index in [0.717, 1.165) is 14.6 Å². The second-order valence-electron chi connectivity index (χ2n) is 1.92. The molecule has 1 heterocycles. The van der Waals surface area contributed by atoms with Gasteiger partial charge in [0.1, 0.15) is 0 Å². The van der Waals surface area contributed by atoms with E-state index in [1.807, 2.05) is 12.1 Å². The van der Waals surface area contributed by atoms with Gasteiger partial charge in [-0.1, -0.05) is 22.6 Å². The second-order valence-corrected chi connectivity index (χ2v) is 3.53. The molecule has 2 nitrogen and oxygen atoms in total. The smallest absolute Gasteiger partial charge is 0.213 e. The van der Waals surface area contributed by atoms with Gasteiger partial charge >= 0.3 is 0 Å². The number of alkyl halides is 1. The summed E-state index contributed by atoms with van der Waals surface area (Å²) < 4.78 is 6.90. The first-order chi connectivity index (χ1) is 5.27. The molecule has 1 rings (SSSR count). The third kappa shape index (κ3) is 2.30. The van der Waals surface area contributed by atoms with Crippen molar-refractivity contribution in [1.82, 2.24) is 4.98 Å². The summed E-state index contributed by atoms with van der Waals surface area (Å²) in [5.41, 5.74) is 1.02. The number of methoxy groups -OCH3 is 1. The van der Waals surface area contributed by atoms with Gasteiger partial charge < -0.3 is 4.74 Å². The summed E-state index contributed by atoms with van der Waals surface area (Å²) in [6.07, 6.45) is 0. The standard InChI is InChI=1S/C7H7BrINO/c1-11-7-3-2-5(8)6(4-9)10-7/h2-3H,4H2,1H3. The van der Waals surface area contributed by atoms with E-state index in [2.05, 4.69) is 43.5 Å². The van der Waals surface area contributed by atoms with Gasteiger partial charge in [-0.15, -0.1) is 0 Å². The highest BCUT2D eigenvalue weighted by Crippen LogP contribution is 2.20. The van der Waals surface area contributed by atoms with Gasteiger partial charge in [-0.25, -0.2) is 4.98 Å². The van der Waals surface area contributed by atoms with Crippen molar-refractivity contribution in [2.24, 2.45) is 0 Å². The van der Waals surface area contributed by atoms with Crippen molar-refractivity contribution in [3.8, 4) is 5.88 Å². The molecule has 0 N–H and O–H groups in total. The summed E-state index contributed by atoms with van der Waals surface area (Å²) in [6.45, 7) is 0. The predicted molar refractivity (Wildman–Crippen MR) is 56.2 cm³/mol. The van der Waals surface area contributed by atoms with E-state index in [4.69, 9.17) is 4.74 Å². The Hall–Kier alpha value is 0.160. The maximum atomic E-state index is 4.98. The molecule has 0 aromatic carbocycles. The fraction of sp³-hybridized carbons (Fsp3) is 0.286. The highest BCUT2D eigenvalue weighted by Gasteiger charge is 2.00. The molecule has 4 heteroatoms. The van der Waals surface area contributed by atoms with Crippen molar-refractivity contribution >= 4 is 38.5 Å². The van der Waals surface area contributed by atoms with Crippen molar-refractivity contribution in [2.45, 2.75) is 4.43 Å². The van der Waals surface area contributed by atoms with Crippen molar-refractivity contribution in [1.29, 1.82) is 0 Å². The van der Waals surface area contributed by atoms with E-state index in [1.165, 1.54) is 0 Å². The Morgan fingerprint density at radius 1 is 1.64 bits per heavy atom. The van der Waals surface area contributed by atoms with Gasteiger partial charge in [-0.3, -0.25) is 0 Å². The summed E-state index contributed by atoms with van der Waals surface area (Å²) in [5.74, 6) is 0.667. The van der Waals surface area contributed by atoms with Crippen LogP contribution >= 0.6 is 38.5 Å². The van der Waals surface area contributed by atoms with Gasteiger partial charge in [0, 0.05) is 15.0 Å². The quantitative estimate of drug-likeness (QED) is 0.615. The number of hydrogen-bond acceptors (Lipinski definition) is 2. The minimum absolute atomic E-state index is 0.667. The fourth-order valence-corrected chi connectivity index (χ4v) is 2.14. The summed E-state index contributed by atoms with van der Waals surface area (Å²) in [5, 5.41) is 0. The van der Waals surface area contributed by atoms with E-state index in [-0.39, 0.29) is 0 Å². The Bertz CT molecular complexity index is 254. The molecule has 0 aliphatic carbocycles. The number of hydrogen-bond donors (Lipinski definition) is 0. The number of halogens is 2. The van der Waals surface area contributed by atoms with E-state index in [0.29, 0.717) is 5.88 Å². The normalized spacial score (nSPS) is 9.73. The van der Waals surface area contributed by atoms with Crippen LogP contribution in [0.25, 0.3) is 0 Å². The minimum atomic E-state index is 0.667. The average Bonchev–Trinajstić information content (AvgIpc) is 2.05. The van der Waals surface area contributed by atoms with Crippen LogP contribution in [0.15, 0.2) is 16.6 Å². The van der Waals surface area contributed by atoms with Gasteiger partial charge in [0.2, 0.25) is 5.88 Å². The number of rotatable bonds is 2. The van der Waals surface area contributed by atoms with Crippen LogP contribution in [-0.4, -0.2) is 12.1 Å². The maximum Gasteiger partial charge on any atom is 0.213 e. The molecule has 1 aromatic rings. The lowest BCUT2D eigenvalue weighted by atomic mass is 10.4. The molecule has 0 radical (unpaired) electrons. The summed E-state index contributed by atoms with van der Waals surface area (Å²) in [7, 11) is 1.62. The lowest BCUT2D eigenvalue weighted by Gasteiger charge is -2.01. The third-order valence-electron chi connectivity index (χ3n) is 1.23. The van der Waals surface area contributed by atoms with Gasteiger partial charge in [0.25, 0.3) is 0 Å². The first-order valence-electron chi connectivity index (χ1n) is 3.03. The number of aromatic nitrogens is 1. The molecule has 0 aliphatic heterocycles. The van der Waals surface area contributed by atoms with Crippen molar-refractivity contribution in [3.63, 3.8) is 0 Å². The van der Waals surface area contributed by atoms with Crippen LogP contribution in [0.1, 0.15) is 5.69 Å². The van der Waals surface area contributed by atoms with Crippen LogP contribution in [0.5, 0.6) is 5.88 Å². The van der Waals surface area contributed by atoms with E-state index in [9.17, 15) is 0 Å². The molecular weight excluding hydrogens is 321 g/mol. The molecule has 60 valence electrons. The molecule has 0 unspecified atom stereocenters. The Balaban J connectivity index is 3.02. The highest BCUT2D eigenvalue weighted by molar-refractivity contribution is 14.1. The van der Waals surface area contributed by atoms with Crippen LogP contribution in [0.4, 0.5) is 0 Å². The Morgan fingerprint density at radius 2 is 2.36 bits per heavy atom. The van der Waals surface area contributed by atoms with Crippen LogP contribution in [0.2, 0.25) is 0 Å². The van der Waals surface area contributed by atoms with Crippen LogP contribution in [-0.2, 0) is 4.43 Å². The third-order valence-corrected chi connectivity index (χ3v) is 2.67. The zero-order valence-corrected chi connectivity index (χ0v) is 9.72. The number of nitrogens with zero attached hydrogens (tertiary/aromatic N) is 1. The molecule has 0 bridgehead atoms. The van der Waals surface area contributed by atoms with Gasteiger partial charge in [0.05, 0.1) is 12.8 Å². The van der Waals surface area contributed by atoms with E-state index in [1.54, 1.807) is 7.11 Å². The average molecular weight is 328 g/mol. The first-order valence-corrected chi connectivity index (χ1v) is 5.35. The van der Waals surface area contributed by atoms with Crippen molar-refractivity contribution < 1.29 is 4.74 Å². The minimum Gasteiger partial charge on any atom is -0.481 e. The van der Waals surface area contributed by atoms with Crippen LogP contribution < -0.4 is 4.74 Å². The lowest BCUT2D eigenvalue weighted by molar-refractivity contribution is 0.396. The van der Waals surface area contributed by atoms with Gasteiger partial charge in [-0.05, 0) is 22.0 Å². The first kappa shape index (κ1) is 9.25. The summed E-state index contributed by atoms with van der Waals surface area (Å²) in [6, 6.07) is 3.78. The molecule has 0 aliphatic rings.